The highest BCUT2D eigenvalue weighted by Crippen LogP contribution is 2.39. The SMILES string of the molecule is Cc1cccc(C(=O)N2[C@@H](C(=O)NC(C)C)COC23CCN(C(=O)c2ccc(Cl)c(Cl)c2)CC3)c1. The quantitative estimate of drug-likeness (QED) is 0.655. The Kier molecular flexibility index (Phi) is 7.40. The van der Waals surface area contributed by atoms with Gasteiger partial charge in [-0.25, -0.2) is 0 Å². The molecule has 2 saturated heterocycles. The van der Waals surface area contributed by atoms with E-state index in [0.717, 1.165) is 5.56 Å². The van der Waals surface area contributed by atoms with Gasteiger partial charge in [-0.2, -0.15) is 0 Å². The normalized spacial score (nSPS) is 19.3. The molecule has 0 aliphatic carbocycles. The summed E-state index contributed by atoms with van der Waals surface area (Å²) in [5, 5.41) is 3.62. The predicted octanol–water partition coefficient (Wildman–Crippen LogP) is 4.30. The van der Waals surface area contributed by atoms with Crippen molar-refractivity contribution in [3.8, 4) is 0 Å². The van der Waals surface area contributed by atoms with E-state index in [9.17, 15) is 14.4 Å². The summed E-state index contributed by atoms with van der Waals surface area (Å²) in [6.07, 6.45) is 0.784. The molecule has 0 saturated carbocycles. The van der Waals surface area contributed by atoms with Crippen molar-refractivity contribution in [2.24, 2.45) is 0 Å². The molecule has 2 aliphatic heterocycles. The molecule has 1 atom stereocenters. The molecule has 2 fully saturated rings. The van der Waals surface area contributed by atoms with E-state index in [1.165, 1.54) is 0 Å². The molecule has 2 aromatic rings. The zero-order valence-electron chi connectivity index (χ0n) is 20.0. The van der Waals surface area contributed by atoms with Gasteiger partial charge in [-0.05, 0) is 51.1 Å². The van der Waals surface area contributed by atoms with Crippen LogP contribution in [0.1, 0.15) is 53.0 Å². The van der Waals surface area contributed by atoms with Crippen molar-refractivity contribution in [3.05, 3.63) is 69.2 Å². The zero-order chi connectivity index (χ0) is 25.3. The number of likely N-dealkylation sites (tertiary alicyclic amines) is 1. The fourth-order valence-corrected chi connectivity index (χ4v) is 5.03. The van der Waals surface area contributed by atoms with Crippen LogP contribution in [0.15, 0.2) is 42.5 Å². The predicted molar refractivity (Wildman–Crippen MR) is 135 cm³/mol. The van der Waals surface area contributed by atoms with Crippen LogP contribution < -0.4 is 5.32 Å². The van der Waals surface area contributed by atoms with Crippen molar-refractivity contribution in [3.63, 3.8) is 0 Å². The largest absolute Gasteiger partial charge is 0.353 e. The average molecular weight is 518 g/mol. The summed E-state index contributed by atoms with van der Waals surface area (Å²) in [5.74, 6) is -0.659. The van der Waals surface area contributed by atoms with Gasteiger partial charge in [0, 0.05) is 43.1 Å². The first-order valence-corrected chi connectivity index (χ1v) is 12.5. The molecule has 1 N–H and O–H groups in total. The number of benzene rings is 2. The molecule has 0 aromatic heterocycles. The van der Waals surface area contributed by atoms with E-state index in [2.05, 4.69) is 5.32 Å². The summed E-state index contributed by atoms with van der Waals surface area (Å²) < 4.78 is 6.22. The molecule has 2 aromatic carbocycles. The number of aryl methyl sites for hydroxylation is 1. The first-order valence-electron chi connectivity index (χ1n) is 11.7. The van der Waals surface area contributed by atoms with Crippen molar-refractivity contribution in [2.75, 3.05) is 19.7 Å². The highest BCUT2D eigenvalue weighted by Gasteiger charge is 2.54. The summed E-state index contributed by atoms with van der Waals surface area (Å²) in [7, 11) is 0. The van der Waals surface area contributed by atoms with Crippen LogP contribution in [-0.2, 0) is 9.53 Å². The summed E-state index contributed by atoms with van der Waals surface area (Å²) in [5.41, 5.74) is 0.945. The third-order valence-corrected chi connectivity index (χ3v) is 7.22. The lowest BCUT2D eigenvalue weighted by Gasteiger charge is -2.44. The van der Waals surface area contributed by atoms with E-state index in [1.54, 1.807) is 34.1 Å². The maximum Gasteiger partial charge on any atom is 0.256 e. The average Bonchev–Trinajstić information content (AvgIpc) is 3.18. The van der Waals surface area contributed by atoms with Gasteiger partial charge in [-0.1, -0.05) is 40.9 Å². The van der Waals surface area contributed by atoms with Crippen molar-refractivity contribution < 1.29 is 19.1 Å². The lowest BCUT2D eigenvalue weighted by atomic mass is 9.95. The molecule has 2 heterocycles. The third kappa shape index (κ3) is 5.17. The van der Waals surface area contributed by atoms with Gasteiger partial charge in [0.1, 0.15) is 11.8 Å². The number of ether oxygens (including phenoxy) is 1. The number of halogens is 2. The number of piperidine rings is 1. The van der Waals surface area contributed by atoms with Crippen LogP contribution >= 0.6 is 23.2 Å². The number of amides is 3. The van der Waals surface area contributed by atoms with Crippen LogP contribution in [0.3, 0.4) is 0 Å². The standard InChI is InChI=1S/C26H29Cl2N3O4/c1-16(2)29-23(32)22-15-35-26(31(22)25(34)18-6-4-5-17(3)13-18)9-11-30(12-10-26)24(33)19-7-8-20(27)21(28)14-19/h4-8,13-14,16,22H,9-12,15H2,1-3H3,(H,29,32)/t22-/m1/s1. The lowest BCUT2D eigenvalue weighted by molar-refractivity contribution is -0.128. The molecular formula is C26H29Cl2N3O4. The maximum absolute atomic E-state index is 13.7. The number of carbonyl (C=O) groups is 3. The van der Waals surface area contributed by atoms with Crippen molar-refractivity contribution in [1.82, 2.24) is 15.1 Å². The second kappa shape index (κ2) is 10.2. The fourth-order valence-electron chi connectivity index (χ4n) is 4.74. The molecule has 35 heavy (non-hydrogen) atoms. The molecule has 3 amide bonds. The molecule has 9 heteroatoms. The van der Waals surface area contributed by atoms with Crippen molar-refractivity contribution >= 4 is 40.9 Å². The first kappa shape index (κ1) is 25.5. The molecule has 4 rings (SSSR count). The second-order valence-electron chi connectivity index (χ2n) is 9.40. The Morgan fingerprint density at radius 1 is 1.00 bits per heavy atom. The molecule has 2 aliphatic rings. The van der Waals surface area contributed by atoms with Gasteiger partial charge in [0.2, 0.25) is 5.91 Å². The second-order valence-corrected chi connectivity index (χ2v) is 10.2. The van der Waals surface area contributed by atoms with E-state index in [0.29, 0.717) is 47.1 Å². The monoisotopic (exact) mass is 517 g/mol. The number of nitrogens with one attached hydrogen (secondary N) is 1. The maximum atomic E-state index is 13.7. The lowest BCUT2D eigenvalue weighted by Crippen LogP contribution is -2.60. The Balaban J connectivity index is 1.58. The summed E-state index contributed by atoms with van der Waals surface area (Å²) >= 11 is 12.1. The highest BCUT2D eigenvalue weighted by molar-refractivity contribution is 6.42. The molecule has 0 radical (unpaired) electrons. The van der Waals surface area contributed by atoms with Gasteiger partial charge < -0.3 is 15.0 Å². The van der Waals surface area contributed by atoms with Crippen molar-refractivity contribution in [2.45, 2.75) is 51.4 Å². The van der Waals surface area contributed by atoms with Gasteiger partial charge >= 0.3 is 0 Å². The highest BCUT2D eigenvalue weighted by atomic mass is 35.5. The van der Waals surface area contributed by atoms with Crippen LogP contribution in [-0.4, -0.2) is 65.0 Å². The van der Waals surface area contributed by atoms with E-state index in [1.807, 2.05) is 39.0 Å². The van der Waals surface area contributed by atoms with Crippen LogP contribution in [0, 0.1) is 6.92 Å². The molecule has 7 nitrogen and oxygen atoms in total. The molecular weight excluding hydrogens is 489 g/mol. The smallest absolute Gasteiger partial charge is 0.256 e. The van der Waals surface area contributed by atoms with Crippen LogP contribution in [0.4, 0.5) is 0 Å². The number of nitrogens with zero attached hydrogens (tertiary/aromatic N) is 2. The van der Waals surface area contributed by atoms with E-state index in [4.69, 9.17) is 27.9 Å². The van der Waals surface area contributed by atoms with Gasteiger partial charge in [-0.15, -0.1) is 0 Å². The van der Waals surface area contributed by atoms with Crippen molar-refractivity contribution in [1.29, 1.82) is 0 Å². The Labute approximate surface area is 215 Å². The Morgan fingerprint density at radius 3 is 2.31 bits per heavy atom. The van der Waals surface area contributed by atoms with E-state index >= 15 is 0 Å². The topological polar surface area (TPSA) is 79.0 Å². The Bertz CT molecular complexity index is 1150. The summed E-state index contributed by atoms with van der Waals surface area (Å²) in [4.78, 5) is 43.2. The van der Waals surface area contributed by atoms with Crippen LogP contribution in [0.2, 0.25) is 10.0 Å². The van der Waals surface area contributed by atoms with Gasteiger partial charge in [0.15, 0.2) is 0 Å². The molecule has 0 unspecified atom stereocenters. The minimum atomic E-state index is -0.964. The first-order chi connectivity index (χ1) is 16.6. The summed E-state index contributed by atoms with van der Waals surface area (Å²) in [6, 6.07) is 11.3. The number of hydrogen-bond donors (Lipinski definition) is 1. The van der Waals surface area contributed by atoms with Gasteiger partial charge in [0.25, 0.3) is 11.8 Å². The van der Waals surface area contributed by atoms with E-state index < -0.39 is 11.8 Å². The zero-order valence-corrected chi connectivity index (χ0v) is 21.5. The number of rotatable bonds is 4. The molecule has 1 spiro atoms. The number of carbonyl (C=O) groups excluding carboxylic acids is 3. The van der Waals surface area contributed by atoms with Gasteiger partial charge in [0.05, 0.1) is 16.7 Å². The van der Waals surface area contributed by atoms with E-state index in [-0.39, 0.29) is 30.4 Å². The Morgan fingerprint density at radius 2 is 1.69 bits per heavy atom. The third-order valence-electron chi connectivity index (χ3n) is 6.48. The minimum Gasteiger partial charge on any atom is -0.353 e. The van der Waals surface area contributed by atoms with Crippen LogP contribution in [0.5, 0.6) is 0 Å². The Hall–Kier alpha value is -2.61. The fraction of sp³-hybridized carbons (Fsp3) is 0.423. The number of hydrogen-bond acceptors (Lipinski definition) is 4. The summed E-state index contributed by atoms with van der Waals surface area (Å²) in [6.45, 7) is 6.52. The molecule has 0 bridgehead atoms. The van der Waals surface area contributed by atoms with Gasteiger partial charge in [-0.3, -0.25) is 19.3 Å². The minimum absolute atomic E-state index is 0.0689. The molecule has 186 valence electrons. The van der Waals surface area contributed by atoms with Crippen LogP contribution in [0.25, 0.3) is 0 Å².